The van der Waals surface area contributed by atoms with Gasteiger partial charge in [-0.25, -0.2) is 15.0 Å². The van der Waals surface area contributed by atoms with E-state index in [0.29, 0.717) is 12.8 Å². The van der Waals surface area contributed by atoms with Crippen molar-refractivity contribution in [1.29, 1.82) is 0 Å². The van der Waals surface area contributed by atoms with E-state index < -0.39 is 12.0 Å². The number of nitrogens with zero attached hydrogens (tertiary/aromatic N) is 4. The highest BCUT2D eigenvalue weighted by atomic mass is 32.1. The van der Waals surface area contributed by atoms with Crippen LogP contribution < -0.4 is 5.32 Å². The molecule has 1 aliphatic carbocycles. The van der Waals surface area contributed by atoms with Crippen molar-refractivity contribution >= 4 is 37.8 Å². The summed E-state index contributed by atoms with van der Waals surface area (Å²) >= 11 is 1.55. The summed E-state index contributed by atoms with van der Waals surface area (Å²) < 4.78 is 42.6. The third-order valence-corrected chi connectivity index (χ3v) is 5.77. The van der Waals surface area contributed by atoms with E-state index in [1.165, 1.54) is 10.8 Å². The van der Waals surface area contributed by atoms with Gasteiger partial charge >= 0.3 is 6.18 Å². The van der Waals surface area contributed by atoms with Crippen LogP contribution in [-0.4, -0.2) is 25.6 Å². The molecule has 5 rings (SSSR count). The molecule has 1 aromatic carbocycles. The van der Waals surface area contributed by atoms with Crippen LogP contribution in [0.25, 0.3) is 21.4 Å². The minimum Gasteiger partial charge on any atom is -0.359 e. The molecule has 5 nitrogen and oxygen atoms in total. The second kappa shape index (κ2) is 5.91. The van der Waals surface area contributed by atoms with Crippen LogP contribution in [0.5, 0.6) is 0 Å². The van der Waals surface area contributed by atoms with Gasteiger partial charge in [-0.1, -0.05) is 23.5 Å². The van der Waals surface area contributed by atoms with Gasteiger partial charge in [0.25, 0.3) is 0 Å². The number of imidazole rings is 1. The van der Waals surface area contributed by atoms with E-state index in [9.17, 15) is 13.2 Å². The number of thiazole rings is 1. The molecule has 0 saturated heterocycles. The molecule has 0 atom stereocenters. The van der Waals surface area contributed by atoms with Crippen molar-refractivity contribution in [3.05, 3.63) is 48.4 Å². The molecule has 0 radical (unpaired) electrons. The first-order valence-electron chi connectivity index (χ1n) is 8.51. The molecule has 9 heteroatoms. The molecular formula is C18H14F3N5S. The molecule has 0 unspecified atom stereocenters. The van der Waals surface area contributed by atoms with E-state index in [-0.39, 0.29) is 23.2 Å². The fourth-order valence-electron chi connectivity index (χ4n) is 3.50. The number of pyridine rings is 1. The maximum Gasteiger partial charge on any atom is 0.449 e. The summed E-state index contributed by atoms with van der Waals surface area (Å²) in [6, 6.07) is 10.8. The molecule has 1 fully saturated rings. The van der Waals surface area contributed by atoms with Gasteiger partial charge in [-0.05, 0) is 37.1 Å². The molecular weight excluding hydrogens is 375 g/mol. The Bertz CT molecular complexity index is 1090. The molecule has 0 bridgehead atoms. The van der Waals surface area contributed by atoms with Gasteiger partial charge < -0.3 is 9.88 Å². The fraction of sp³-hybridized carbons (Fsp3) is 0.278. The zero-order valence-corrected chi connectivity index (χ0v) is 14.8. The second-order valence-corrected chi connectivity index (χ2v) is 7.63. The Morgan fingerprint density at radius 2 is 1.81 bits per heavy atom. The van der Waals surface area contributed by atoms with E-state index >= 15 is 0 Å². The Labute approximate surface area is 155 Å². The number of alkyl halides is 3. The average molecular weight is 389 g/mol. The second-order valence-electron chi connectivity index (χ2n) is 6.60. The maximum atomic E-state index is 13.4. The lowest BCUT2D eigenvalue weighted by molar-refractivity contribution is -0.148. The molecule has 138 valence electrons. The van der Waals surface area contributed by atoms with Crippen LogP contribution in [0.3, 0.4) is 0 Å². The van der Waals surface area contributed by atoms with Gasteiger partial charge in [0.05, 0.1) is 10.2 Å². The minimum atomic E-state index is -4.51. The molecule has 1 aliphatic rings. The van der Waals surface area contributed by atoms with E-state index in [1.807, 2.05) is 24.3 Å². The van der Waals surface area contributed by atoms with Crippen LogP contribution in [0, 0.1) is 0 Å². The van der Waals surface area contributed by atoms with Gasteiger partial charge in [-0.2, -0.15) is 13.2 Å². The van der Waals surface area contributed by atoms with Gasteiger partial charge in [0.2, 0.25) is 5.82 Å². The smallest absolute Gasteiger partial charge is 0.359 e. The molecule has 1 saturated carbocycles. The van der Waals surface area contributed by atoms with Crippen LogP contribution in [0.4, 0.5) is 18.3 Å². The van der Waals surface area contributed by atoms with Gasteiger partial charge in [-0.3, -0.25) is 0 Å². The van der Waals surface area contributed by atoms with E-state index in [2.05, 4.69) is 20.3 Å². The number of benzene rings is 1. The summed E-state index contributed by atoms with van der Waals surface area (Å²) in [4.78, 5) is 12.4. The largest absolute Gasteiger partial charge is 0.449 e. The molecule has 3 aromatic heterocycles. The highest BCUT2D eigenvalue weighted by molar-refractivity contribution is 7.22. The summed E-state index contributed by atoms with van der Waals surface area (Å²) in [6.45, 7) is 0. The Morgan fingerprint density at radius 1 is 1.04 bits per heavy atom. The van der Waals surface area contributed by atoms with Crippen LogP contribution in [0.2, 0.25) is 0 Å². The Kier molecular flexibility index (Phi) is 3.61. The molecule has 27 heavy (non-hydrogen) atoms. The Morgan fingerprint density at radius 3 is 2.59 bits per heavy atom. The quantitative estimate of drug-likeness (QED) is 0.543. The van der Waals surface area contributed by atoms with Crippen molar-refractivity contribution in [3.63, 3.8) is 0 Å². The van der Waals surface area contributed by atoms with Crippen molar-refractivity contribution < 1.29 is 13.2 Å². The van der Waals surface area contributed by atoms with Crippen molar-refractivity contribution in [3.8, 4) is 0 Å². The topological polar surface area (TPSA) is 55.6 Å². The van der Waals surface area contributed by atoms with Crippen LogP contribution in [0.1, 0.15) is 24.7 Å². The number of para-hydroxylation sites is 1. The number of hydrogen-bond donors (Lipinski definition) is 1. The summed E-state index contributed by atoms with van der Waals surface area (Å²) in [6.07, 6.45) is -1.87. The summed E-state index contributed by atoms with van der Waals surface area (Å²) in [7, 11) is 0. The van der Waals surface area contributed by atoms with Gasteiger partial charge in [-0.15, -0.1) is 0 Å². The Balaban J connectivity index is 1.39. The first kappa shape index (κ1) is 16.5. The number of aromatic nitrogens is 4. The fourth-order valence-corrected chi connectivity index (χ4v) is 4.44. The number of rotatable bonds is 3. The van der Waals surface area contributed by atoms with Gasteiger partial charge in [0, 0.05) is 18.3 Å². The molecule has 3 heterocycles. The highest BCUT2D eigenvalue weighted by Crippen LogP contribution is 2.41. The van der Waals surface area contributed by atoms with Crippen molar-refractivity contribution in [2.24, 2.45) is 0 Å². The molecule has 0 amide bonds. The Hall–Kier alpha value is -2.68. The number of halogens is 3. The van der Waals surface area contributed by atoms with Crippen molar-refractivity contribution in [1.82, 2.24) is 19.5 Å². The molecule has 4 aromatic rings. The first-order valence-corrected chi connectivity index (χ1v) is 9.33. The van der Waals surface area contributed by atoms with Gasteiger partial charge in [0.1, 0.15) is 5.52 Å². The van der Waals surface area contributed by atoms with Crippen LogP contribution in [-0.2, 0) is 6.18 Å². The predicted octanol–water partition coefficient (Wildman–Crippen LogP) is 4.88. The standard InChI is InChI=1S/C18H14F3N5S/c19-18(20,21)16-24-13-5-3-7-22-15(13)26(16)11-8-10(9-11)23-17-25-12-4-1-2-6-14(12)27-17/h1-7,10-11H,8-9H2,(H,23,25). The lowest BCUT2D eigenvalue weighted by Crippen LogP contribution is -2.38. The summed E-state index contributed by atoms with van der Waals surface area (Å²) in [5, 5.41) is 4.13. The van der Waals surface area contributed by atoms with E-state index in [0.717, 1.165) is 15.3 Å². The minimum absolute atomic E-state index is 0.0813. The maximum absolute atomic E-state index is 13.4. The monoisotopic (exact) mass is 389 g/mol. The van der Waals surface area contributed by atoms with Crippen molar-refractivity contribution in [2.45, 2.75) is 31.1 Å². The zero-order chi connectivity index (χ0) is 18.6. The van der Waals surface area contributed by atoms with Crippen LogP contribution >= 0.6 is 11.3 Å². The summed E-state index contributed by atoms with van der Waals surface area (Å²) in [5.41, 5.74) is 1.48. The molecule has 0 aliphatic heterocycles. The van der Waals surface area contributed by atoms with E-state index in [4.69, 9.17) is 0 Å². The molecule has 1 N–H and O–H groups in total. The normalized spacial score (nSPS) is 20.1. The number of fused-ring (bicyclic) bond motifs is 2. The number of nitrogens with one attached hydrogen (secondary N) is 1. The SMILES string of the molecule is FC(F)(F)c1nc2cccnc2n1C1CC(Nc2nc3ccccc3s2)C1. The first-order chi connectivity index (χ1) is 13.0. The average Bonchev–Trinajstić information content (AvgIpc) is 3.18. The summed E-state index contributed by atoms with van der Waals surface area (Å²) in [5.74, 6) is -0.875. The number of anilines is 1. The van der Waals surface area contributed by atoms with Crippen molar-refractivity contribution in [2.75, 3.05) is 5.32 Å². The highest BCUT2D eigenvalue weighted by Gasteiger charge is 2.42. The third kappa shape index (κ3) is 2.82. The van der Waals surface area contributed by atoms with E-state index in [1.54, 1.807) is 23.5 Å². The zero-order valence-electron chi connectivity index (χ0n) is 13.9. The lowest BCUT2D eigenvalue weighted by atomic mass is 9.86. The number of hydrogen-bond acceptors (Lipinski definition) is 5. The lowest BCUT2D eigenvalue weighted by Gasteiger charge is -2.37. The van der Waals surface area contributed by atoms with Gasteiger partial charge in [0.15, 0.2) is 10.8 Å². The predicted molar refractivity (Wildman–Crippen MR) is 97.8 cm³/mol. The van der Waals surface area contributed by atoms with Crippen LogP contribution in [0.15, 0.2) is 42.6 Å². The molecule has 0 spiro atoms. The third-order valence-electron chi connectivity index (χ3n) is 4.80.